The third-order valence-corrected chi connectivity index (χ3v) is 7.35. The molecule has 0 spiro atoms. The largest absolute Gasteiger partial charge is 0.387 e. The molecular formula is C16H19Cl2NO3S2. The number of benzene rings is 1. The van der Waals surface area contributed by atoms with Crippen LogP contribution >= 0.6 is 34.5 Å². The number of sulfonamides is 1. The van der Waals surface area contributed by atoms with Crippen LogP contribution in [0.4, 0.5) is 0 Å². The first-order valence-electron chi connectivity index (χ1n) is 7.45. The van der Waals surface area contributed by atoms with Crippen LogP contribution in [-0.4, -0.2) is 19.6 Å². The topological polar surface area (TPSA) is 66.4 Å². The summed E-state index contributed by atoms with van der Waals surface area (Å²) in [4.78, 5) is 0. The quantitative estimate of drug-likeness (QED) is 0.710. The summed E-state index contributed by atoms with van der Waals surface area (Å²) in [7, 11) is -3.76. The highest BCUT2D eigenvalue weighted by Gasteiger charge is 2.31. The third-order valence-electron chi connectivity index (χ3n) is 3.91. The van der Waals surface area contributed by atoms with Gasteiger partial charge in [0.05, 0.1) is 16.5 Å². The Labute approximate surface area is 156 Å². The van der Waals surface area contributed by atoms with Gasteiger partial charge in [0.25, 0.3) is 0 Å². The van der Waals surface area contributed by atoms with Crippen LogP contribution in [0.5, 0.6) is 0 Å². The summed E-state index contributed by atoms with van der Waals surface area (Å²) in [6.45, 7) is 3.84. The van der Waals surface area contributed by atoms with Gasteiger partial charge in [-0.05, 0) is 35.7 Å². The predicted octanol–water partition coefficient (Wildman–Crippen LogP) is 4.48. The number of aliphatic hydroxyl groups excluding tert-OH is 1. The zero-order valence-corrected chi connectivity index (χ0v) is 16.4. The van der Waals surface area contributed by atoms with Gasteiger partial charge in [-0.1, -0.05) is 55.6 Å². The molecule has 1 unspecified atom stereocenters. The Bertz CT molecular complexity index is 775. The van der Waals surface area contributed by atoms with E-state index in [-0.39, 0.29) is 10.1 Å². The lowest BCUT2D eigenvalue weighted by atomic mass is 9.91. The number of halogens is 2. The van der Waals surface area contributed by atoms with Crippen LogP contribution in [0.3, 0.4) is 0 Å². The Morgan fingerprint density at radius 3 is 2.29 bits per heavy atom. The number of rotatable bonds is 7. The van der Waals surface area contributed by atoms with E-state index < -0.39 is 22.2 Å². The molecule has 132 valence electrons. The number of hydrogen-bond donors (Lipinski definition) is 2. The number of nitrogens with one attached hydrogen (secondary N) is 1. The van der Waals surface area contributed by atoms with E-state index in [1.807, 2.05) is 13.8 Å². The first kappa shape index (κ1) is 19.7. The minimum Gasteiger partial charge on any atom is -0.387 e. The Hall–Kier alpha value is -0.630. The lowest BCUT2D eigenvalue weighted by molar-refractivity contribution is 0.112. The molecule has 0 aliphatic rings. The summed E-state index contributed by atoms with van der Waals surface area (Å²) in [5, 5.41) is 11.3. The van der Waals surface area contributed by atoms with Crippen molar-refractivity contribution in [2.24, 2.45) is 5.92 Å². The van der Waals surface area contributed by atoms with Gasteiger partial charge in [0.2, 0.25) is 10.0 Å². The predicted molar refractivity (Wildman–Crippen MR) is 99.3 cm³/mol. The van der Waals surface area contributed by atoms with Gasteiger partial charge >= 0.3 is 0 Å². The van der Waals surface area contributed by atoms with E-state index in [1.54, 1.807) is 24.3 Å². The van der Waals surface area contributed by atoms with Crippen molar-refractivity contribution in [2.45, 2.75) is 36.6 Å². The molecule has 0 aliphatic heterocycles. The molecule has 8 heteroatoms. The Balaban J connectivity index is 2.30. The highest BCUT2D eigenvalue weighted by molar-refractivity contribution is 7.91. The lowest BCUT2D eigenvalue weighted by Crippen LogP contribution is -2.43. The van der Waals surface area contributed by atoms with E-state index >= 15 is 0 Å². The van der Waals surface area contributed by atoms with Crippen molar-refractivity contribution in [3.05, 3.63) is 51.3 Å². The smallest absolute Gasteiger partial charge is 0.250 e. The summed E-state index contributed by atoms with van der Waals surface area (Å²) in [6, 6.07) is 9.05. The number of aliphatic hydroxyl groups is 1. The van der Waals surface area contributed by atoms with Crippen LogP contribution in [0.15, 0.2) is 40.6 Å². The SMILES string of the molecule is CC[C@H](C)[C@H](NS(=O)(=O)c1ccc(Cl)s1)C(O)c1ccc(Cl)cc1. The molecule has 4 nitrogen and oxygen atoms in total. The van der Waals surface area contributed by atoms with Crippen LogP contribution in [0.2, 0.25) is 9.36 Å². The average Bonchev–Trinajstić information content (AvgIpc) is 2.99. The van der Waals surface area contributed by atoms with E-state index in [4.69, 9.17) is 23.2 Å². The third kappa shape index (κ3) is 4.71. The van der Waals surface area contributed by atoms with E-state index in [0.29, 0.717) is 21.3 Å². The second-order valence-electron chi connectivity index (χ2n) is 5.59. The number of hydrogen-bond acceptors (Lipinski definition) is 4. The standard InChI is InChI=1S/C16H19Cl2NO3S2/c1-3-10(2)15(16(20)11-4-6-12(17)7-5-11)19-24(21,22)14-9-8-13(18)23-14/h4-10,15-16,19-20H,3H2,1-2H3/t10-,15-,16?/m0/s1. The van der Waals surface area contributed by atoms with Crippen LogP contribution in [0, 0.1) is 5.92 Å². The molecule has 0 saturated heterocycles. The van der Waals surface area contributed by atoms with Gasteiger partial charge in [-0.2, -0.15) is 0 Å². The van der Waals surface area contributed by atoms with Gasteiger partial charge in [-0.15, -0.1) is 11.3 Å². The second kappa shape index (κ2) is 8.17. The fraction of sp³-hybridized carbons (Fsp3) is 0.375. The van der Waals surface area contributed by atoms with Gasteiger partial charge in [0, 0.05) is 5.02 Å². The van der Waals surface area contributed by atoms with Crippen LogP contribution in [0.1, 0.15) is 31.9 Å². The van der Waals surface area contributed by atoms with Gasteiger partial charge in [-0.25, -0.2) is 13.1 Å². The maximum atomic E-state index is 12.6. The van der Waals surface area contributed by atoms with E-state index in [0.717, 1.165) is 11.3 Å². The second-order valence-corrected chi connectivity index (χ2v) is 9.68. The molecule has 0 saturated carbocycles. The minimum atomic E-state index is -3.76. The highest BCUT2D eigenvalue weighted by atomic mass is 35.5. The van der Waals surface area contributed by atoms with Crippen molar-refractivity contribution in [2.75, 3.05) is 0 Å². The maximum Gasteiger partial charge on any atom is 0.250 e. The average molecular weight is 408 g/mol. The summed E-state index contributed by atoms with van der Waals surface area (Å²) in [5.74, 6) is -0.0686. The molecule has 1 aromatic heterocycles. The summed E-state index contributed by atoms with van der Waals surface area (Å²) in [6.07, 6.45) is -0.273. The van der Waals surface area contributed by atoms with Gasteiger partial charge in [0.15, 0.2) is 0 Å². The molecule has 1 heterocycles. The fourth-order valence-corrected chi connectivity index (χ4v) is 5.27. The zero-order chi connectivity index (χ0) is 17.9. The summed E-state index contributed by atoms with van der Waals surface area (Å²) in [5.41, 5.74) is 0.608. The first-order chi connectivity index (χ1) is 11.2. The van der Waals surface area contributed by atoms with Crippen LogP contribution < -0.4 is 4.72 Å². The normalized spacial score (nSPS) is 15.9. The van der Waals surface area contributed by atoms with Crippen molar-refractivity contribution in [1.29, 1.82) is 0 Å². The van der Waals surface area contributed by atoms with Crippen molar-refractivity contribution in [3.63, 3.8) is 0 Å². The fourth-order valence-electron chi connectivity index (χ4n) is 2.29. The molecule has 2 aromatic rings. The lowest BCUT2D eigenvalue weighted by Gasteiger charge is -2.29. The molecule has 1 aromatic carbocycles. The van der Waals surface area contributed by atoms with E-state index in [9.17, 15) is 13.5 Å². The number of thiophene rings is 1. The van der Waals surface area contributed by atoms with Crippen molar-refractivity contribution < 1.29 is 13.5 Å². The van der Waals surface area contributed by atoms with E-state index in [2.05, 4.69) is 4.72 Å². The Morgan fingerprint density at radius 1 is 1.17 bits per heavy atom. The van der Waals surface area contributed by atoms with Gasteiger partial charge < -0.3 is 5.11 Å². The molecule has 3 atom stereocenters. The van der Waals surface area contributed by atoms with Crippen LogP contribution in [-0.2, 0) is 10.0 Å². The Morgan fingerprint density at radius 2 is 1.79 bits per heavy atom. The monoisotopic (exact) mass is 407 g/mol. The highest BCUT2D eigenvalue weighted by Crippen LogP contribution is 2.29. The van der Waals surface area contributed by atoms with Crippen molar-refractivity contribution >= 4 is 44.6 Å². The summed E-state index contributed by atoms with van der Waals surface area (Å²) < 4.78 is 28.3. The molecule has 0 fully saturated rings. The molecule has 0 amide bonds. The molecule has 2 rings (SSSR count). The molecule has 2 N–H and O–H groups in total. The Kier molecular flexibility index (Phi) is 6.70. The van der Waals surface area contributed by atoms with Gasteiger partial charge in [0.1, 0.15) is 4.21 Å². The minimum absolute atomic E-state index is 0.0686. The maximum absolute atomic E-state index is 12.6. The molecule has 0 radical (unpaired) electrons. The molecular weight excluding hydrogens is 389 g/mol. The zero-order valence-electron chi connectivity index (χ0n) is 13.2. The van der Waals surface area contributed by atoms with Crippen molar-refractivity contribution in [1.82, 2.24) is 4.72 Å². The van der Waals surface area contributed by atoms with Gasteiger partial charge in [-0.3, -0.25) is 0 Å². The molecule has 0 aliphatic carbocycles. The van der Waals surface area contributed by atoms with Crippen LogP contribution in [0.25, 0.3) is 0 Å². The molecule has 0 bridgehead atoms. The molecule has 24 heavy (non-hydrogen) atoms. The van der Waals surface area contributed by atoms with Crippen molar-refractivity contribution in [3.8, 4) is 0 Å². The summed E-state index contributed by atoms with van der Waals surface area (Å²) >= 11 is 12.7. The first-order valence-corrected chi connectivity index (χ1v) is 10.5. The van der Waals surface area contributed by atoms with E-state index in [1.165, 1.54) is 12.1 Å².